The molecule has 2 atom stereocenters. The molecule has 1 aromatic carbocycles. The van der Waals surface area contributed by atoms with Gasteiger partial charge in [0.05, 0.1) is 0 Å². The molecule has 128 valence electrons. The van der Waals surface area contributed by atoms with Crippen molar-refractivity contribution in [2.24, 2.45) is 0 Å². The summed E-state index contributed by atoms with van der Waals surface area (Å²) < 4.78 is 0. The molecule has 6 heteroatoms. The minimum atomic E-state index is -0.116. The van der Waals surface area contributed by atoms with Crippen molar-refractivity contribution < 1.29 is 9.59 Å². The number of benzene rings is 1. The fourth-order valence-corrected chi connectivity index (χ4v) is 2.65. The maximum atomic E-state index is 12.4. The van der Waals surface area contributed by atoms with Crippen LogP contribution < -0.4 is 10.6 Å². The highest BCUT2D eigenvalue weighted by Gasteiger charge is 2.23. The fraction of sp³-hybridized carbons (Fsp3) is 0.529. The number of carbonyl (C=O) groups is 2. The first-order valence-corrected chi connectivity index (χ1v) is 7.92. The number of nitrogens with zero attached hydrogens (tertiary/aromatic N) is 1. The Morgan fingerprint density at radius 2 is 2.04 bits per heavy atom. The number of carbonyl (C=O) groups excluding carboxylic acids is 2. The van der Waals surface area contributed by atoms with Gasteiger partial charge in [0.1, 0.15) is 0 Å². The number of halogens is 1. The molecule has 0 radical (unpaired) electrons. The van der Waals surface area contributed by atoms with Crippen LogP contribution in [0.3, 0.4) is 0 Å². The highest BCUT2D eigenvalue weighted by Crippen LogP contribution is 2.12. The van der Waals surface area contributed by atoms with Crippen LogP contribution in [0.1, 0.15) is 47.4 Å². The number of rotatable bonds is 4. The molecule has 2 amide bonds. The Balaban J connectivity index is 0.00000264. The smallest absolute Gasteiger partial charge is 0.253 e. The molecule has 0 spiro atoms. The summed E-state index contributed by atoms with van der Waals surface area (Å²) in [6, 6.07) is 7.33. The van der Waals surface area contributed by atoms with Crippen LogP contribution in [0.25, 0.3) is 0 Å². The van der Waals surface area contributed by atoms with Crippen molar-refractivity contribution in [2.45, 2.75) is 38.8 Å². The SMILES string of the molecule is CCN(C)C(=O)c1cccc(C(=O)NC2CCCNC2C)c1.Cl. The first-order valence-electron chi connectivity index (χ1n) is 7.92. The molecule has 1 aliphatic rings. The second kappa shape index (κ2) is 8.89. The van der Waals surface area contributed by atoms with E-state index >= 15 is 0 Å². The molecule has 0 bridgehead atoms. The van der Waals surface area contributed by atoms with Gasteiger partial charge in [-0.3, -0.25) is 9.59 Å². The van der Waals surface area contributed by atoms with E-state index in [4.69, 9.17) is 0 Å². The van der Waals surface area contributed by atoms with Crippen LogP contribution in [0.2, 0.25) is 0 Å². The van der Waals surface area contributed by atoms with E-state index in [0.29, 0.717) is 17.7 Å². The average Bonchev–Trinajstić information content (AvgIpc) is 2.55. The van der Waals surface area contributed by atoms with Gasteiger partial charge >= 0.3 is 0 Å². The van der Waals surface area contributed by atoms with Crippen molar-refractivity contribution in [1.29, 1.82) is 0 Å². The van der Waals surface area contributed by atoms with E-state index in [0.717, 1.165) is 19.4 Å². The lowest BCUT2D eigenvalue weighted by Crippen LogP contribution is -2.51. The molecular weight excluding hydrogens is 314 g/mol. The van der Waals surface area contributed by atoms with Crippen LogP contribution in [-0.4, -0.2) is 48.9 Å². The Morgan fingerprint density at radius 1 is 1.35 bits per heavy atom. The summed E-state index contributed by atoms with van der Waals surface area (Å²) in [5.41, 5.74) is 1.08. The molecule has 1 heterocycles. The van der Waals surface area contributed by atoms with E-state index in [1.807, 2.05) is 6.92 Å². The second-order valence-electron chi connectivity index (χ2n) is 5.87. The van der Waals surface area contributed by atoms with Gasteiger partial charge in [0.25, 0.3) is 11.8 Å². The number of piperidine rings is 1. The van der Waals surface area contributed by atoms with Gasteiger partial charge in [-0.15, -0.1) is 12.4 Å². The molecule has 1 aliphatic heterocycles. The van der Waals surface area contributed by atoms with E-state index < -0.39 is 0 Å². The summed E-state index contributed by atoms with van der Waals surface area (Å²) in [5, 5.41) is 6.43. The van der Waals surface area contributed by atoms with Crippen LogP contribution in [0, 0.1) is 0 Å². The standard InChI is InChI=1S/C17H25N3O2.ClH/c1-4-20(3)17(22)14-8-5-7-13(11-14)16(21)19-15-9-6-10-18-12(15)2;/h5,7-8,11-12,15,18H,4,6,9-10H2,1-3H3,(H,19,21);1H. The lowest BCUT2D eigenvalue weighted by Gasteiger charge is -2.30. The molecule has 1 fully saturated rings. The Morgan fingerprint density at radius 3 is 2.70 bits per heavy atom. The quantitative estimate of drug-likeness (QED) is 0.882. The van der Waals surface area contributed by atoms with Gasteiger partial charge in [-0.2, -0.15) is 0 Å². The summed E-state index contributed by atoms with van der Waals surface area (Å²) in [5.74, 6) is -0.181. The van der Waals surface area contributed by atoms with E-state index in [1.165, 1.54) is 0 Å². The van der Waals surface area contributed by atoms with Crippen molar-refractivity contribution in [3.8, 4) is 0 Å². The predicted octanol–water partition coefficient (Wildman–Crippen LogP) is 2.07. The summed E-state index contributed by atoms with van der Waals surface area (Å²) in [6.45, 7) is 5.65. The van der Waals surface area contributed by atoms with Gasteiger partial charge in [0.2, 0.25) is 0 Å². The lowest BCUT2D eigenvalue weighted by molar-refractivity contribution is 0.0802. The Hall–Kier alpha value is -1.59. The van der Waals surface area contributed by atoms with Gasteiger partial charge in [-0.05, 0) is 51.4 Å². The Labute approximate surface area is 144 Å². The fourth-order valence-electron chi connectivity index (χ4n) is 2.65. The molecule has 1 aromatic rings. The van der Waals surface area contributed by atoms with Gasteiger partial charge in [-0.1, -0.05) is 6.07 Å². The third-order valence-electron chi connectivity index (χ3n) is 4.27. The number of amides is 2. The van der Waals surface area contributed by atoms with Crippen molar-refractivity contribution in [3.05, 3.63) is 35.4 Å². The van der Waals surface area contributed by atoms with Crippen LogP contribution in [0.15, 0.2) is 24.3 Å². The Bertz CT molecular complexity index is 550. The number of hydrogen-bond acceptors (Lipinski definition) is 3. The van der Waals surface area contributed by atoms with Gasteiger partial charge in [-0.25, -0.2) is 0 Å². The number of nitrogens with one attached hydrogen (secondary N) is 2. The average molecular weight is 340 g/mol. The normalized spacial score (nSPS) is 20.3. The molecule has 23 heavy (non-hydrogen) atoms. The minimum absolute atomic E-state index is 0. The van der Waals surface area contributed by atoms with Gasteiger partial charge < -0.3 is 15.5 Å². The lowest BCUT2D eigenvalue weighted by atomic mass is 9.99. The van der Waals surface area contributed by atoms with E-state index in [-0.39, 0.29) is 36.3 Å². The molecule has 2 N–H and O–H groups in total. The summed E-state index contributed by atoms with van der Waals surface area (Å²) >= 11 is 0. The topological polar surface area (TPSA) is 61.4 Å². The zero-order chi connectivity index (χ0) is 16.1. The molecule has 1 saturated heterocycles. The second-order valence-corrected chi connectivity index (χ2v) is 5.87. The molecule has 0 aliphatic carbocycles. The van der Waals surface area contributed by atoms with Crippen molar-refractivity contribution in [3.63, 3.8) is 0 Å². The first kappa shape index (κ1) is 19.5. The van der Waals surface area contributed by atoms with Crippen molar-refractivity contribution >= 4 is 24.2 Å². The minimum Gasteiger partial charge on any atom is -0.348 e. The van der Waals surface area contributed by atoms with Crippen molar-refractivity contribution in [1.82, 2.24) is 15.5 Å². The van der Waals surface area contributed by atoms with Crippen LogP contribution in [0.5, 0.6) is 0 Å². The van der Waals surface area contributed by atoms with Crippen molar-refractivity contribution in [2.75, 3.05) is 20.1 Å². The molecule has 2 rings (SSSR count). The molecule has 2 unspecified atom stereocenters. The third kappa shape index (κ3) is 4.94. The summed E-state index contributed by atoms with van der Waals surface area (Å²) in [7, 11) is 1.75. The van der Waals surface area contributed by atoms with E-state index in [9.17, 15) is 9.59 Å². The van der Waals surface area contributed by atoms with Crippen LogP contribution in [-0.2, 0) is 0 Å². The van der Waals surface area contributed by atoms with E-state index in [1.54, 1.807) is 36.2 Å². The summed E-state index contributed by atoms with van der Waals surface area (Å²) in [4.78, 5) is 26.2. The first-order chi connectivity index (χ1) is 10.5. The predicted molar refractivity (Wildman–Crippen MR) is 94.3 cm³/mol. The van der Waals surface area contributed by atoms with Gasteiger partial charge in [0, 0.05) is 36.8 Å². The third-order valence-corrected chi connectivity index (χ3v) is 4.27. The molecule has 0 saturated carbocycles. The maximum Gasteiger partial charge on any atom is 0.253 e. The van der Waals surface area contributed by atoms with Crippen LogP contribution >= 0.6 is 12.4 Å². The van der Waals surface area contributed by atoms with Crippen LogP contribution in [0.4, 0.5) is 0 Å². The zero-order valence-corrected chi connectivity index (χ0v) is 14.8. The molecule has 0 aromatic heterocycles. The highest BCUT2D eigenvalue weighted by atomic mass is 35.5. The summed E-state index contributed by atoms with van der Waals surface area (Å²) in [6.07, 6.45) is 2.05. The van der Waals surface area contributed by atoms with E-state index in [2.05, 4.69) is 17.6 Å². The number of hydrogen-bond donors (Lipinski definition) is 2. The van der Waals surface area contributed by atoms with Gasteiger partial charge in [0.15, 0.2) is 0 Å². The largest absolute Gasteiger partial charge is 0.348 e. The highest BCUT2D eigenvalue weighted by molar-refractivity contribution is 5.99. The zero-order valence-electron chi connectivity index (χ0n) is 14.0. The molecular formula is C17H26ClN3O2. The Kier molecular flexibility index (Phi) is 7.52. The maximum absolute atomic E-state index is 12.4. The molecule has 5 nitrogen and oxygen atoms in total. The monoisotopic (exact) mass is 339 g/mol.